The quantitative estimate of drug-likeness (QED) is 0.775. The highest BCUT2D eigenvalue weighted by molar-refractivity contribution is 5.99. The first-order chi connectivity index (χ1) is 9.52. The number of aliphatic hydroxyl groups excluding tert-OH is 1. The molecule has 108 valence electrons. The number of carbonyl (C=O) groups excluding carboxylic acids is 1. The Bertz CT molecular complexity index is 619. The lowest BCUT2D eigenvalue weighted by atomic mass is 10.1. The van der Waals surface area contributed by atoms with Gasteiger partial charge in [-0.3, -0.25) is 4.79 Å². The Morgan fingerprint density at radius 3 is 2.90 bits per heavy atom. The van der Waals surface area contributed by atoms with E-state index >= 15 is 0 Å². The zero-order valence-corrected chi connectivity index (χ0v) is 12.0. The molecule has 0 aliphatic heterocycles. The molecule has 2 aromatic rings. The molecule has 5 heteroatoms. The Labute approximate surface area is 117 Å². The standard InChI is InChI=1S/C15H20N2O3/c1-9-10(2)17-14-5-4-11(6-13(9)14)15(19)16-7-12(18)8-20-3/h4-6,12,17-18H,7-8H2,1-3H3,(H,16,19). The maximum absolute atomic E-state index is 12.0. The number of benzene rings is 1. The second-order valence-corrected chi connectivity index (χ2v) is 4.95. The van der Waals surface area contributed by atoms with E-state index in [0.717, 1.165) is 22.2 Å². The van der Waals surface area contributed by atoms with Crippen LogP contribution in [0.15, 0.2) is 18.2 Å². The summed E-state index contributed by atoms with van der Waals surface area (Å²) in [6.45, 7) is 4.42. The molecule has 0 bridgehead atoms. The van der Waals surface area contributed by atoms with Crippen molar-refractivity contribution in [1.29, 1.82) is 0 Å². The first-order valence-electron chi connectivity index (χ1n) is 6.57. The molecule has 1 aromatic carbocycles. The van der Waals surface area contributed by atoms with Crippen LogP contribution < -0.4 is 5.32 Å². The Hall–Kier alpha value is -1.85. The summed E-state index contributed by atoms with van der Waals surface area (Å²) in [5.74, 6) is -0.194. The minimum Gasteiger partial charge on any atom is -0.389 e. The second kappa shape index (κ2) is 6.07. The smallest absolute Gasteiger partial charge is 0.251 e. The van der Waals surface area contributed by atoms with Gasteiger partial charge in [0, 0.05) is 35.8 Å². The van der Waals surface area contributed by atoms with Crippen LogP contribution in [0.25, 0.3) is 10.9 Å². The third-order valence-electron chi connectivity index (χ3n) is 3.43. The highest BCUT2D eigenvalue weighted by Gasteiger charge is 2.11. The van der Waals surface area contributed by atoms with E-state index in [1.807, 2.05) is 26.0 Å². The van der Waals surface area contributed by atoms with Crippen LogP contribution in [0.4, 0.5) is 0 Å². The van der Waals surface area contributed by atoms with Gasteiger partial charge in [-0.05, 0) is 37.6 Å². The number of amides is 1. The van der Waals surface area contributed by atoms with Crippen molar-refractivity contribution < 1.29 is 14.6 Å². The first kappa shape index (κ1) is 14.6. The topological polar surface area (TPSA) is 74.3 Å². The fourth-order valence-corrected chi connectivity index (χ4v) is 2.17. The van der Waals surface area contributed by atoms with Crippen LogP contribution in [0, 0.1) is 13.8 Å². The summed E-state index contributed by atoms with van der Waals surface area (Å²) >= 11 is 0. The van der Waals surface area contributed by atoms with Gasteiger partial charge >= 0.3 is 0 Å². The summed E-state index contributed by atoms with van der Waals surface area (Å²) < 4.78 is 4.81. The molecule has 20 heavy (non-hydrogen) atoms. The van der Waals surface area contributed by atoms with Crippen LogP contribution in [0.3, 0.4) is 0 Å². The number of carbonyl (C=O) groups is 1. The number of methoxy groups -OCH3 is 1. The predicted octanol–water partition coefficient (Wildman–Crippen LogP) is 1.52. The number of fused-ring (bicyclic) bond motifs is 1. The van der Waals surface area contributed by atoms with Crippen LogP contribution >= 0.6 is 0 Å². The zero-order chi connectivity index (χ0) is 14.7. The van der Waals surface area contributed by atoms with Crippen molar-refractivity contribution in [3.8, 4) is 0 Å². The molecule has 2 rings (SSSR count). The molecule has 0 aliphatic rings. The molecule has 0 spiro atoms. The van der Waals surface area contributed by atoms with Gasteiger partial charge in [-0.25, -0.2) is 0 Å². The van der Waals surface area contributed by atoms with Gasteiger partial charge in [-0.15, -0.1) is 0 Å². The van der Waals surface area contributed by atoms with Gasteiger partial charge in [0.15, 0.2) is 0 Å². The fraction of sp³-hybridized carbons (Fsp3) is 0.400. The van der Waals surface area contributed by atoms with Crippen molar-refractivity contribution in [2.45, 2.75) is 20.0 Å². The highest BCUT2D eigenvalue weighted by Crippen LogP contribution is 2.22. The number of hydrogen-bond acceptors (Lipinski definition) is 3. The van der Waals surface area contributed by atoms with Gasteiger partial charge in [0.25, 0.3) is 5.91 Å². The molecule has 0 radical (unpaired) electrons. The maximum atomic E-state index is 12.0. The van der Waals surface area contributed by atoms with Crippen molar-refractivity contribution >= 4 is 16.8 Å². The Kier molecular flexibility index (Phi) is 4.42. The Morgan fingerprint density at radius 1 is 1.45 bits per heavy atom. The number of hydrogen-bond donors (Lipinski definition) is 3. The van der Waals surface area contributed by atoms with Crippen molar-refractivity contribution in [2.75, 3.05) is 20.3 Å². The summed E-state index contributed by atoms with van der Waals surface area (Å²) in [7, 11) is 1.51. The van der Waals surface area contributed by atoms with Gasteiger partial charge in [-0.1, -0.05) is 0 Å². The van der Waals surface area contributed by atoms with Gasteiger partial charge in [-0.2, -0.15) is 0 Å². The van der Waals surface area contributed by atoms with Crippen molar-refractivity contribution in [3.63, 3.8) is 0 Å². The van der Waals surface area contributed by atoms with Gasteiger partial charge < -0.3 is 20.1 Å². The molecule has 1 unspecified atom stereocenters. The van der Waals surface area contributed by atoms with E-state index in [2.05, 4.69) is 10.3 Å². The minimum absolute atomic E-state index is 0.176. The lowest BCUT2D eigenvalue weighted by Crippen LogP contribution is -2.34. The zero-order valence-electron chi connectivity index (χ0n) is 12.0. The number of aromatic amines is 1. The molecule has 1 aromatic heterocycles. The predicted molar refractivity (Wildman–Crippen MR) is 78.0 cm³/mol. The number of ether oxygens (including phenoxy) is 1. The molecule has 1 atom stereocenters. The van der Waals surface area contributed by atoms with E-state index in [-0.39, 0.29) is 19.1 Å². The molecule has 0 saturated carbocycles. The number of aryl methyl sites for hydroxylation is 2. The van der Waals surface area contributed by atoms with Crippen molar-refractivity contribution in [2.24, 2.45) is 0 Å². The molecular formula is C15H20N2O3. The Balaban J connectivity index is 2.12. The molecule has 3 N–H and O–H groups in total. The molecule has 1 heterocycles. The lowest BCUT2D eigenvalue weighted by Gasteiger charge is -2.10. The van der Waals surface area contributed by atoms with Crippen LogP contribution in [0.1, 0.15) is 21.6 Å². The van der Waals surface area contributed by atoms with E-state index in [0.29, 0.717) is 5.56 Å². The average Bonchev–Trinajstić information content (AvgIpc) is 2.71. The number of rotatable bonds is 5. The summed E-state index contributed by atoms with van der Waals surface area (Å²) in [5, 5.41) is 13.3. The monoisotopic (exact) mass is 276 g/mol. The molecular weight excluding hydrogens is 256 g/mol. The second-order valence-electron chi connectivity index (χ2n) is 4.95. The van der Waals surface area contributed by atoms with E-state index < -0.39 is 6.10 Å². The molecule has 1 amide bonds. The van der Waals surface area contributed by atoms with Gasteiger partial charge in [0.2, 0.25) is 0 Å². The van der Waals surface area contributed by atoms with Crippen molar-refractivity contribution in [3.05, 3.63) is 35.0 Å². The number of nitrogens with one attached hydrogen (secondary N) is 2. The minimum atomic E-state index is -0.691. The molecule has 0 aliphatic carbocycles. The number of H-pyrrole nitrogens is 1. The highest BCUT2D eigenvalue weighted by atomic mass is 16.5. The summed E-state index contributed by atoms with van der Waals surface area (Å²) in [6.07, 6.45) is -0.691. The Morgan fingerprint density at radius 2 is 2.20 bits per heavy atom. The number of aromatic nitrogens is 1. The van der Waals surface area contributed by atoms with Crippen LogP contribution in [-0.2, 0) is 4.74 Å². The maximum Gasteiger partial charge on any atom is 0.251 e. The third-order valence-corrected chi connectivity index (χ3v) is 3.43. The van der Waals surface area contributed by atoms with Crippen LogP contribution in [-0.4, -0.2) is 42.4 Å². The SMILES string of the molecule is COCC(O)CNC(=O)c1ccc2[nH]c(C)c(C)c2c1. The van der Waals surface area contributed by atoms with Crippen LogP contribution in [0.2, 0.25) is 0 Å². The van der Waals surface area contributed by atoms with E-state index in [9.17, 15) is 9.90 Å². The lowest BCUT2D eigenvalue weighted by molar-refractivity contribution is 0.0610. The summed E-state index contributed by atoms with van der Waals surface area (Å²) in [4.78, 5) is 15.3. The van der Waals surface area contributed by atoms with Gasteiger partial charge in [0.05, 0.1) is 12.7 Å². The normalized spacial score (nSPS) is 12.6. The summed E-state index contributed by atoms with van der Waals surface area (Å²) in [6, 6.07) is 5.54. The van der Waals surface area contributed by atoms with Crippen molar-refractivity contribution in [1.82, 2.24) is 10.3 Å². The molecule has 0 fully saturated rings. The number of aliphatic hydroxyl groups is 1. The largest absolute Gasteiger partial charge is 0.389 e. The fourth-order valence-electron chi connectivity index (χ4n) is 2.17. The van der Waals surface area contributed by atoms with E-state index in [4.69, 9.17) is 4.74 Å². The van der Waals surface area contributed by atoms with Crippen LogP contribution in [0.5, 0.6) is 0 Å². The molecule has 5 nitrogen and oxygen atoms in total. The van der Waals surface area contributed by atoms with Gasteiger partial charge in [0.1, 0.15) is 0 Å². The third kappa shape index (κ3) is 3.00. The van der Waals surface area contributed by atoms with E-state index in [1.54, 1.807) is 6.07 Å². The molecule has 0 saturated heterocycles. The van der Waals surface area contributed by atoms with E-state index in [1.165, 1.54) is 7.11 Å². The summed E-state index contributed by atoms with van der Waals surface area (Å²) in [5.41, 5.74) is 3.86. The average molecular weight is 276 g/mol. The first-order valence-corrected chi connectivity index (χ1v) is 6.57.